The number of carboxylic acid groups (broad SMARTS) is 1. The van der Waals surface area contributed by atoms with Crippen molar-refractivity contribution in [2.75, 3.05) is 0 Å². The Morgan fingerprint density at radius 3 is 2.48 bits per heavy atom. The van der Waals surface area contributed by atoms with Crippen LogP contribution in [-0.4, -0.2) is 15.6 Å². The molecule has 2 aromatic rings. The molecule has 0 aliphatic heterocycles. The first-order valence-corrected chi connectivity index (χ1v) is 7.32. The number of hydrogen-bond acceptors (Lipinski definition) is 2. The zero-order valence-corrected chi connectivity index (χ0v) is 13.7. The zero-order chi connectivity index (χ0) is 15.6. The Bertz CT molecular complexity index is 765. The number of hydrogen-bond donors (Lipinski definition) is 1. The van der Waals surface area contributed by atoms with Crippen molar-refractivity contribution in [2.24, 2.45) is 0 Å². The van der Waals surface area contributed by atoms with E-state index in [9.17, 15) is 4.79 Å². The molecule has 0 spiro atoms. The third-order valence-electron chi connectivity index (χ3n) is 3.21. The van der Waals surface area contributed by atoms with Crippen molar-refractivity contribution >= 4 is 34.6 Å². The first-order chi connectivity index (χ1) is 9.93. The lowest BCUT2D eigenvalue weighted by atomic mass is 10.1. The molecule has 1 aromatic carbocycles. The van der Waals surface area contributed by atoms with Gasteiger partial charge in [-0.15, -0.1) is 0 Å². The van der Waals surface area contributed by atoms with Crippen LogP contribution in [0.1, 0.15) is 17.0 Å². The predicted molar refractivity (Wildman–Crippen MR) is 89.2 cm³/mol. The van der Waals surface area contributed by atoms with Gasteiger partial charge < -0.3 is 9.67 Å². The van der Waals surface area contributed by atoms with Crippen molar-refractivity contribution in [3.8, 4) is 11.8 Å². The largest absolute Gasteiger partial charge is 0.477 e. The number of aromatic nitrogens is 1. The van der Waals surface area contributed by atoms with Gasteiger partial charge in [0.2, 0.25) is 0 Å². The van der Waals surface area contributed by atoms with Gasteiger partial charge in [0.25, 0.3) is 0 Å². The highest BCUT2D eigenvalue weighted by atomic mass is 127. The number of halogens is 1. The smallest absolute Gasteiger partial charge is 0.346 e. The second-order valence-electron chi connectivity index (χ2n) is 4.61. The highest BCUT2D eigenvalue weighted by molar-refractivity contribution is 14.1. The van der Waals surface area contributed by atoms with E-state index in [2.05, 4.69) is 22.6 Å². The molecule has 106 valence electrons. The van der Waals surface area contributed by atoms with Crippen LogP contribution in [0.15, 0.2) is 35.9 Å². The van der Waals surface area contributed by atoms with Gasteiger partial charge in [0.05, 0.1) is 0 Å². The number of carboxylic acids is 1. The molecule has 0 radical (unpaired) electrons. The minimum absolute atomic E-state index is 0.266. The van der Waals surface area contributed by atoms with Crippen molar-refractivity contribution in [1.82, 2.24) is 4.57 Å². The van der Waals surface area contributed by atoms with Gasteiger partial charge in [0.15, 0.2) is 0 Å². The molecule has 1 heterocycles. The molecular weight excluding hydrogens is 379 g/mol. The molecule has 0 aliphatic carbocycles. The summed E-state index contributed by atoms with van der Waals surface area (Å²) >= 11 is 2.25. The van der Waals surface area contributed by atoms with Crippen LogP contribution in [0.3, 0.4) is 0 Å². The summed E-state index contributed by atoms with van der Waals surface area (Å²) in [5, 5.41) is 17.8. The topological polar surface area (TPSA) is 66.0 Å². The molecule has 21 heavy (non-hydrogen) atoms. The van der Waals surface area contributed by atoms with E-state index in [1.54, 1.807) is 6.07 Å². The van der Waals surface area contributed by atoms with Gasteiger partial charge in [-0.2, -0.15) is 5.26 Å². The third kappa shape index (κ3) is 3.16. The highest BCUT2D eigenvalue weighted by Crippen LogP contribution is 2.23. The Balaban J connectivity index is 2.55. The molecule has 2 rings (SSSR count). The fourth-order valence-electron chi connectivity index (χ4n) is 2.22. The van der Waals surface area contributed by atoms with Crippen LogP contribution in [0.5, 0.6) is 0 Å². The van der Waals surface area contributed by atoms with Crippen LogP contribution in [0, 0.1) is 28.7 Å². The summed E-state index contributed by atoms with van der Waals surface area (Å²) in [7, 11) is 0. The lowest BCUT2D eigenvalue weighted by Crippen LogP contribution is -2.00. The number of rotatable bonds is 3. The van der Waals surface area contributed by atoms with Gasteiger partial charge in [-0.25, -0.2) is 4.79 Å². The maximum atomic E-state index is 10.9. The van der Waals surface area contributed by atoms with Gasteiger partial charge in [0.1, 0.15) is 11.6 Å². The van der Waals surface area contributed by atoms with E-state index in [1.165, 1.54) is 6.08 Å². The molecule has 5 heteroatoms. The number of carbonyl (C=O) groups is 1. The quantitative estimate of drug-likeness (QED) is 0.492. The summed E-state index contributed by atoms with van der Waals surface area (Å²) in [5.41, 5.74) is 3.38. The van der Waals surface area contributed by atoms with Crippen molar-refractivity contribution < 1.29 is 9.90 Å². The molecule has 0 atom stereocenters. The monoisotopic (exact) mass is 392 g/mol. The van der Waals surface area contributed by atoms with E-state index in [0.29, 0.717) is 0 Å². The average Bonchev–Trinajstić information content (AvgIpc) is 2.71. The summed E-state index contributed by atoms with van der Waals surface area (Å²) in [5.74, 6) is -1.21. The van der Waals surface area contributed by atoms with E-state index in [-0.39, 0.29) is 5.57 Å². The number of aryl methyl sites for hydroxylation is 1. The molecule has 0 unspecified atom stereocenters. The SMILES string of the molecule is Cc1cc(/C=C(\C#N)C(=O)O)c(C)n1-c1ccc(I)cc1. The fourth-order valence-corrected chi connectivity index (χ4v) is 2.58. The highest BCUT2D eigenvalue weighted by Gasteiger charge is 2.12. The summed E-state index contributed by atoms with van der Waals surface area (Å²) in [6.07, 6.45) is 1.41. The van der Waals surface area contributed by atoms with Crippen molar-refractivity contribution in [3.05, 3.63) is 56.4 Å². The van der Waals surface area contributed by atoms with Gasteiger partial charge in [-0.05, 0) is 78.4 Å². The molecular formula is C16H13IN2O2. The predicted octanol–water partition coefficient (Wildman–Crippen LogP) is 3.69. The van der Waals surface area contributed by atoms with Gasteiger partial charge >= 0.3 is 5.97 Å². The lowest BCUT2D eigenvalue weighted by Gasteiger charge is -2.09. The van der Waals surface area contributed by atoms with E-state index in [1.807, 2.05) is 48.7 Å². The Labute approximate surface area is 136 Å². The molecule has 0 bridgehead atoms. The molecule has 1 N–H and O–H groups in total. The minimum Gasteiger partial charge on any atom is -0.477 e. The summed E-state index contributed by atoms with van der Waals surface area (Å²) in [6.45, 7) is 3.86. The Morgan fingerprint density at radius 1 is 1.33 bits per heavy atom. The van der Waals surface area contributed by atoms with Crippen molar-refractivity contribution in [3.63, 3.8) is 0 Å². The summed E-state index contributed by atoms with van der Waals surface area (Å²) < 4.78 is 3.19. The van der Waals surface area contributed by atoms with Crippen LogP contribution < -0.4 is 0 Å². The number of benzene rings is 1. The maximum Gasteiger partial charge on any atom is 0.346 e. The molecule has 4 nitrogen and oxygen atoms in total. The summed E-state index contributed by atoms with van der Waals surface area (Å²) in [6, 6.07) is 11.6. The standard InChI is InChI=1S/C16H13IN2O2/c1-10-7-12(8-13(9-18)16(20)21)11(2)19(10)15-5-3-14(17)4-6-15/h3-8H,1-2H3,(H,20,21)/b13-8+. The minimum atomic E-state index is -1.21. The Kier molecular flexibility index (Phi) is 4.48. The second-order valence-corrected chi connectivity index (χ2v) is 5.86. The van der Waals surface area contributed by atoms with Crippen LogP contribution in [0.4, 0.5) is 0 Å². The Hall–Kier alpha value is -2.07. The van der Waals surface area contributed by atoms with E-state index >= 15 is 0 Å². The fraction of sp³-hybridized carbons (Fsp3) is 0.125. The number of aliphatic carboxylic acids is 1. The first kappa shape index (κ1) is 15.3. The van der Waals surface area contributed by atoms with Crippen LogP contribution in [0.2, 0.25) is 0 Å². The normalized spacial score (nSPS) is 11.2. The van der Waals surface area contributed by atoms with Crippen LogP contribution >= 0.6 is 22.6 Å². The van der Waals surface area contributed by atoms with Crippen LogP contribution in [-0.2, 0) is 4.79 Å². The molecule has 0 aliphatic rings. The molecule has 0 saturated carbocycles. The van der Waals surface area contributed by atoms with Gasteiger partial charge in [0, 0.05) is 20.6 Å². The number of nitriles is 1. The zero-order valence-electron chi connectivity index (χ0n) is 11.6. The molecule has 0 amide bonds. The van der Waals surface area contributed by atoms with Crippen molar-refractivity contribution in [2.45, 2.75) is 13.8 Å². The van der Waals surface area contributed by atoms with Crippen LogP contribution in [0.25, 0.3) is 11.8 Å². The third-order valence-corrected chi connectivity index (χ3v) is 3.92. The van der Waals surface area contributed by atoms with Gasteiger partial charge in [-0.1, -0.05) is 0 Å². The van der Waals surface area contributed by atoms with E-state index in [4.69, 9.17) is 10.4 Å². The van der Waals surface area contributed by atoms with E-state index < -0.39 is 5.97 Å². The molecule has 1 aromatic heterocycles. The lowest BCUT2D eigenvalue weighted by molar-refractivity contribution is -0.132. The second kappa shape index (κ2) is 6.14. The Morgan fingerprint density at radius 2 is 1.95 bits per heavy atom. The summed E-state index contributed by atoms with van der Waals surface area (Å²) in [4.78, 5) is 10.9. The molecule has 0 fully saturated rings. The van der Waals surface area contributed by atoms with E-state index in [0.717, 1.165) is 26.2 Å². The van der Waals surface area contributed by atoms with Gasteiger partial charge in [-0.3, -0.25) is 0 Å². The van der Waals surface area contributed by atoms with Crippen molar-refractivity contribution in [1.29, 1.82) is 5.26 Å². The maximum absolute atomic E-state index is 10.9. The molecule has 0 saturated heterocycles. The first-order valence-electron chi connectivity index (χ1n) is 6.24. The number of nitrogens with zero attached hydrogens (tertiary/aromatic N) is 2. The average molecular weight is 392 g/mol.